The molecule has 1 aromatic rings. The average Bonchev–Trinajstić information content (AvgIpc) is 3.37. The molecule has 0 aliphatic heterocycles. The highest BCUT2D eigenvalue weighted by molar-refractivity contribution is 5.85. The molecule has 1 aromatic heterocycles. The summed E-state index contributed by atoms with van der Waals surface area (Å²) in [5.41, 5.74) is 0.464. The first-order chi connectivity index (χ1) is 15.4. The van der Waals surface area contributed by atoms with Crippen molar-refractivity contribution in [1.82, 2.24) is 4.98 Å². The van der Waals surface area contributed by atoms with Crippen LogP contribution in [0.2, 0.25) is 0 Å². The highest BCUT2D eigenvalue weighted by Crippen LogP contribution is 2.65. The van der Waals surface area contributed by atoms with Gasteiger partial charge >= 0.3 is 5.97 Å². The van der Waals surface area contributed by atoms with Crippen LogP contribution in [0.5, 0.6) is 0 Å². The lowest BCUT2D eigenvalue weighted by Gasteiger charge is -2.56. The molecule has 0 radical (unpaired) electrons. The maximum Gasteiger partial charge on any atom is 0.375 e. The van der Waals surface area contributed by atoms with E-state index in [1.54, 1.807) is 0 Å². The van der Waals surface area contributed by atoms with E-state index < -0.39 is 5.97 Å². The van der Waals surface area contributed by atoms with Crippen molar-refractivity contribution in [2.45, 2.75) is 91.9 Å². The molecule has 4 aliphatic carbocycles. The first-order valence-corrected chi connectivity index (χ1v) is 13.5. The minimum absolute atomic E-state index is 0.239. The number of fused-ring (bicyclic) bond motifs is 5. The lowest BCUT2D eigenvalue weighted by atomic mass is 9.49. The molecule has 0 N–H and O–H groups in total. The Morgan fingerprint density at radius 1 is 1.16 bits per heavy atom. The van der Waals surface area contributed by atoms with Crippen LogP contribution in [0, 0.1) is 52.8 Å². The molecule has 4 heteroatoms. The van der Waals surface area contributed by atoms with Gasteiger partial charge in [0.1, 0.15) is 0 Å². The van der Waals surface area contributed by atoms with Crippen molar-refractivity contribution in [2.75, 3.05) is 6.61 Å². The Morgan fingerprint density at radius 2 is 1.97 bits per heavy atom. The van der Waals surface area contributed by atoms with Crippen LogP contribution in [0.15, 0.2) is 10.6 Å². The Hall–Kier alpha value is -1.32. The molecule has 178 valence electrons. The number of oxazole rings is 1. The lowest BCUT2D eigenvalue weighted by Crippen LogP contribution is -2.49. The quantitative estimate of drug-likeness (QED) is 0.465. The van der Waals surface area contributed by atoms with Crippen molar-refractivity contribution in [1.29, 1.82) is 0 Å². The summed E-state index contributed by atoms with van der Waals surface area (Å²) in [5, 5.41) is 0. The molecule has 1 heterocycles. The second-order valence-electron chi connectivity index (χ2n) is 12.1. The minimum Gasteiger partial charge on any atom is -0.460 e. The van der Waals surface area contributed by atoms with Crippen LogP contribution in [-0.2, 0) is 11.2 Å². The summed E-state index contributed by atoms with van der Waals surface area (Å²) in [6.45, 7) is 9.65. The van der Waals surface area contributed by atoms with Crippen molar-refractivity contribution in [3.8, 4) is 0 Å². The molecular weight excluding hydrogens is 398 g/mol. The Kier molecular flexibility index (Phi) is 6.18. The van der Waals surface area contributed by atoms with Gasteiger partial charge in [0, 0.05) is 6.42 Å². The first kappa shape index (κ1) is 22.5. The standard InChI is InChI=1S/C28H43NO3/c1-5-31-27(30)25-16-29-26(32-25)15-18(3)23-10-11-24-22-9-7-19-14-17(2)6-8-20(19)21(22)12-13-28(23,24)4/h16-24H,5-15H2,1-4H3/t17-,18+,19+,20-,21?,22+,23?,24?,28+/m0/s1. The largest absolute Gasteiger partial charge is 0.460 e. The van der Waals surface area contributed by atoms with Crippen LogP contribution < -0.4 is 0 Å². The summed E-state index contributed by atoms with van der Waals surface area (Å²) in [6, 6.07) is 0. The number of rotatable bonds is 5. The lowest BCUT2D eigenvalue weighted by molar-refractivity contribution is -0.0730. The average molecular weight is 442 g/mol. The van der Waals surface area contributed by atoms with Gasteiger partial charge in [-0.15, -0.1) is 0 Å². The Morgan fingerprint density at radius 3 is 2.78 bits per heavy atom. The van der Waals surface area contributed by atoms with Gasteiger partial charge in [-0.05, 0) is 111 Å². The summed E-state index contributed by atoms with van der Waals surface area (Å²) >= 11 is 0. The number of hydrogen-bond acceptors (Lipinski definition) is 4. The monoisotopic (exact) mass is 441 g/mol. The van der Waals surface area contributed by atoms with Gasteiger partial charge < -0.3 is 9.15 Å². The van der Waals surface area contributed by atoms with Crippen molar-refractivity contribution in [3.63, 3.8) is 0 Å². The molecule has 4 fully saturated rings. The summed E-state index contributed by atoms with van der Waals surface area (Å²) in [7, 11) is 0. The molecule has 9 atom stereocenters. The van der Waals surface area contributed by atoms with E-state index in [-0.39, 0.29) is 5.76 Å². The second kappa shape index (κ2) is 8.80. The fraction of sp³-hybridized carbons (Fsp3) is 0.857. The number of carbonyl (C=O) groups excluding carboxylic acids is 1. The van der Waals surface area contributed by atoms with E-state index in [1.165, 1.54) is 64.0 Å². The number of ether oxygens (including phenoxy) is 1. The fourth-order valence-electron chi connectivity index (χ4n) is 9.18. The number of nitrogens with zero attached hydrogens (tertiary/aromatic N) is 1. The van der Waals surface area contributed by atoms with E-state index in [0.717, 1.165) is 47.8 Å². The van der Waals surface area contributed by atoms with E-state index in [0.29, 0.717) is 23.8 Å². The predicted molar refractivity (Wildman–Crippen MR) is 125 cm³/mol. The first-order valence-electron chi connectivity index (χ1n) is 13.5. The third-order valence-corrected chi connectivity index (χ3v) is 10.5. The molecule has 3 unspecified atom stereocenters. The Bertz CT molecular complexity index is 817. The zero-order chi connectivity index (χ0) is 22.5. The molecule has 0 saturated heterocycles. The van der Waals surface area contributed by atoms with Gasteiger partial charge in [0.05, 0.1) is 12.8 Å². The summed E-state index contributed by atoms with van der Waals surface area (Å²) in [4.78, 5) is 16.3. The van der Waals surface area contributed by atoms with E-state index in [1.807, 2.05) is 6.92 Å². The van der Waals surface area contributed by atoms with Crippen LogP contribution in [-0.4, -0.2) is 17.6 Å². The van der Waals surface area contributed by atoms with E-state index in [4.69, 9.17) is 9.15 Å². The van der Waals surface area contributed by atoms with Gasteiger partial charge in [-0.2, -0.15) is 0 Å². The molecule has 32 heavy (non-hydrogen) atoms. The molecular formula is C28H43NO3. The number of hydrogen-bond donors (Lipinski definition) is 0. The highest BCUT2D eigenvalue weighted by Gasteiger charge is 2.57. The molecule has 0 amide bonds. The normalized spacial score (nSPS) is 41.9. The zero-order valence-corrected chi connectivity index (χ0v) is 20.6. The van der Waals surface area contributed by atoms with Crippen LogP contribution in [0.25, 0.3) is 0 Å². The number of carbonyl (C=O) groups is 1. The SMILES string of the molecule is CCOC(=O)c1cnc(C[C@@H](C)C2CCC3[C@@H]4CC[C@@H]5C[C@@H](C)CC[C@@H]5C4CC[C@@]32C)o1. The van der Waals surface area contributed by atoms with E-state index >= 15 is 0 Å². The third-order valence-electron chi connectivity index (χ3n) is 10.5. The van der Waals surface area contributed by atoms with Gasteiger partial charge in [0.15, 0.2) is 5.89 Å². The topological polar surface area (TPSA) is 52.3 Å². The third kappa shape index (κ3) is 3.84. The molecule has 4 nitrogen and oxygen atoms in total. The molecule has 4 aliphatic rings. The highest BCUT2D eigenvalue weighted by atomic mass is 16.5. The fourth-order valence-corrected chi connectivity index (χ4v) is 9.18. The Labute approximate surface area is 194 Å². The van der Waals surface area contributed by atoms with E-state index in [9.17, 15) is 4.79 Å². The maximum atomic E-state index is 11.9. The van der Waals surface area contributed by atoms with Crippen molar-refractivity contribution in [3.05, 3.63) is 17.8 Å². The van der Waals surface area contributed by atoms with Crippen molar-refractivity contribution < 1.29 is 13.9 Å². The minimum atomic E-state index is -0.405. The van der Waals surface area contributed by atoms with Crippen LogP contribution in [0.1, 0.15) is 102 Å². The maximum absolute atomic E-state index is 11.9. The molecule has 5 rings (SSSR count). The van der Waals surface area contributed by atoms with Crippen LogP contribution in [0.3, 0.4) is 0 Å². The van der Waals surface area contributed by atoms with Gasteiger partial charge in [-0.3, -0.25) is 0 Å². The molecule has 0 bridgehead atoms. The van der Waals surface area contributed by atoms with Gasteiger partial charge in [-0.25, -0.2) is 9.78 Å². The summed E-state index contributed by atoms with van der Waals surface area (Å²) in [5.74, 6) is 7.69. The van der Waals surface area contributed by atoms with Crippen molar-refractivity contribution >= 4 is 5.97 Å². The van der Waals surface area contributed by atoms with Crippen LogP contribution in [0.4, 0.5) is 0 Å². The smallest absolute Gasteiger partial charge is 0.375 e. The molecule has 4 saturated carbocycles. The summed E-state index contributed by atoms with van der Waals surface area (Å²) in [6.07, 6.45) is 15.4. The number of aromatic nitrogens is 1. The second-order valence-corrected chi connectivity index (χ2v) is 12.1. The molecule has 0 aromatic carbocycles. The van der Waals surface area contributed by atoms with Gasteiger partial charge in [0.25, 0.3) is 0 Å². The van der Waals surface area contributed by atoms with E-state index in [2.05, 4.69) is 25.8 Å². The van der Waals surface area contributed by atoms with Crippen molar-refractivity contribution in [2.24, 2.45) is 52.8 Å². The van der Waals surface area contributed by atoms with Gasteiger partial charge in [0.2, 0.25) is 5.76 Å². The van der Waals surface area contributed by atoms with Gasteiger partial charge in [-0.1, -0.05) is 27.2 Å². The Balaban J connectivity index is 1.26. The zero-order valence-electron chi connectivity index (χ0n) is 20.6. The van der Waals surface area contributed by atoms with Crippen LogP contribution >= 0.6 is 0 Å². The predicted octanol–water partition coefficient (Wildman–Crippen LogP) is 6.93. The summed E-state index contributed by atoms with van der Waals surface area (Å²) < 4.78 is 10.8. The molecule has 0 spiro atoms. The number of esters is 1.